The molecule has 0 aliphatic rings. The predicted molar refractivity (Wildman–Crippen MR) is 68.1 cm³/mol. The second-order valence-electron chi connectivity index (χ2n) is 4.46. The highest BCUT2D eigenvalue weighted by Gasteiger charge is 2.18. The summed E-state index contributed by atoms with van der Waals surface area (Å²) < 4.78 is 10.4. The van der Waals surface area contributed by atoms with Gasteiger partial charge in [-0.25, -0.2) is 0 Å². The molecular formula is C13H17N3O2. The van der Waals surface area contributed by atoms with Crippen LogP contribution in [0.5, 0.6) is 5.75 Å². The van der Waals surface area contributed by atoms with Gasteiger partial charge in [-0.05, 0) is 24.1 Å². The molecule has 0 bridgehead atoms. The maximum atomic E-state index is 5.98. The fourth-order valence-corrected chi connectivity index (χ4v) is 1.54. The van der Waals surface area contributed by atoms with Gasteiger partial charge in [-0.2, -0.15) is 4.98 Å². The van der Waals surface area contributed by atoms with Crippen LogP contribution in [-0.2, 0) is 0 Å². The van der Waals surface area contributed by atoms with Crippen molar-refractivity contribution < 1.29 is 9.26 Å². The third-order valence-corrected chi connectivity index (χ3v) is 2.77. The summed E-state index contributed by atoms with van der Waals surface area (Å²) in [5.41, 5.74) is 6.80. The lowest BCUT2D eigenvalue weighted by atomic mass is 10.1. The summed E-state index contributed by atoms with van der Waals surface area (Å²) in [6.45, 7) is 4.04. The van der Waals surface area contributed by atoms with Crippen LogP contribution in [0.2, 0.25) is 0 Å². The van der Waals surface area contributed by atoms with Gasteiger partial charge in [0.25, 0.3) is 5.89 Å². The number of methoxy groups -OCH3 is 1. The normalized spacial score (nSPS) is 12.7. The van der Waals surface area contributed by atoms with Gasteiger partial charge in [0.15, 0.2) is 5.82 Å². The lowest BCUT2D eigenvalue weighted by Crippen LogP contribution is -2.18. The molecule has 5 nitrogen and oxygen atoms in total. The van der Waals surface area contributed by atoms with E-state index < -0.39 is 0 Å². The number of rotatable bonds is 4. The van der Waals surface area contributed by atoms with E-state index in [1.165, 1.54) is 0 Å². The molecule has 18 heavy (non-hydrogen) atoms. The van der Waals surface area contributed by atoms with Crippen LogP contribution in [0.15, 0.2) is 28.8 Å². The highest BCUT2D eigenvalue weighted by molar-refractivity contribution is 5.55. The Morgan fingerprint density at radius 2 is 2.11 bits per heavy atom. The van der Waals surface area contributed by atoms with Crippen LogP contribution in [-0.4, -0.2) is 17.3 Å². The SMILES string of the molecule is COc1cccc(-c2nc(C(N)C(C)C)no2)c1. The molecule has 2 N–H and O–H groups in total. The summed E-state index contributed by atoms with van der Waals surface area (Å²) in [4.78, 5) is 4.32. The number of benzene rings is 1. The van der Waals surface area contributed by atoms with Crippen LogP contribution in [0.25, 0.3) is 11.5 Å². The molecule has 0 aliphatic heterocycles. The molecule has 0 fully saturated rings. The van der Waals surface area contributed by atoms with Crippen molar-refractivity contribution in [2.75, 3.05) is 7.11 Å². The summed E-state index contributed by atoms with van der Waals surface area (Å²) >= 11 is 0. The topological polar surface area (TPSA) is 74.2 Å². The molecular weight excluding hydrogens is 230 g/mol. The van der Waals surface area contributed by atoms with Crippen LogP contribution >= 0.6 is 0 Å². The van der Waals surface area contributed by atoms with Crippen LogP contribution in [0.4, 0.5) is 0 Å². The fourth-order valence-electron chi connectivity index (χ4n) is 1.54. The fraction of sp³-hybridized carbons (Fsp3) is 0.385. The summed E-state index contributed by atoms with van der Waals surface area (Å²) in [6, 6.07) is 7.26. The molecule has 2 rings (SSSR count). The van der Waals surface area contributed by atoms with Gasteiger partial charge in [0, 0.05) is 5.56 Å². The van der Waals surface area contributed by atoms with Gasteiger partial charge >= 0.3 is 0 Å². The molecule has 1 aromatic carbocycles. The van der Waals surface area contributed by atoms with Crippen molar-refractivity contribution >= 4 is 0 Å². The molecule has 0 amide bonds. The van der Waals surface area contributed by atoms with E-state index in [0.29, 0.717) is 11.7 Å². The average Bonchev–Trinajstić information content (AvgIpc) is 2.87. The van der Waals surface area contributed by atoms with E-state index in [1.54, 1.807) is 7.11 Å². The van der Waals surface area contributed by atoms with Gasteiger partial charge in [0.05, 0.1) is 13.2 Å². The van der Waals surface area contributed by atoms with Crippen molar-refractivity contribution in [3.05, 3.63) is 30.1 Å². The van der Waals surface area contributed by atoms with E-state index in [1.807, 2.05) is 38.1 Å². The highest BCUT2D eigenvalue weighted by atomic mass is 16.5. The number of hydrogen-bond acceptors (Lipinski definition) is 5. The summed E-state index contributed by atoms with van der Waals surface area (Å²) in [5, 5.41) is 3.92. The lowest BCUT2D eigenvalue weighted by molar-refractivity contribution is 0.399. The van der Waals surface area contributed by atoms with Crippen LogP contribution in [0.1, 0.15) is 25.7 Å². The van der Waals surface area contributed by atoms with E-state index in [4.69, 9.17) is 15.0 Å². The third kappa shape index (κ3) is 2.51. The van der Waals surface area contributed by atoms with Crippen molar-refractivity contribution in [2.45, 2.75) is 19.9 Å². The quantitative estimate of drug-likeness (QED) is 0.898. The van der Waals surface area contributed by atoms with E-state index in [9.17, 15) is 0 Å². The molecule has 1 unspecified atom stereocenters. The molecule has 2 aromatic rings. The Labute approximate surface area is 106 Å². The van der Waals surface area contributed by atoms with E-state index >= 15 is 0 Å². The molecule has 0 saturated heterocycles. The minimum Gasteiger partial charge on any atom is -0.497 e. The summed E-state index contributed by atoms with van der Waals surface area (Å²) in [6.07, 6.45) is 0. The van der Waals surface area contributed by atoms with Crippen LogP contribution < -0.4 is 10.5 Å². The minimum atomic E-state index is -0.215. The van der Waals surface area contributed by atoms with Gasteiger partial charge < -0.3 is 15.0 Å². The molecule has 1 aromatic heterocycles. The molecule has 1 atom stereocenters. The molecule has 0 spiro atoms. The number of hydrogen-bond donors (Lipinski definition) is 1. The van der Waals surface area contributed by atoms with Crippen LogP contribution in [0, 0.1) is 5.92 Å². The third-order valence-electron chi connectivity index (χ3n) is 2.77. The number of nitrogens with two attached hydrogens (primary N) is 1. The van der Waals surface area contributed by atoms with Gasteiger partial charge in [-0.3, -0.25) is 0 Å². The molecule has 0 saturated carbocycles. The standard InChI is InChI=1S/C13H17N3O2/c1-8(2)11(14)12-15-13(18-16-12)9-5-4-6-10(7-9)17-3/h4-8,11H,14H2,1-3H3. The smallest absolute Gasteiger partial charge is 0.258 e. The van der Waals surface area contributed by atoms with E-state index in [2.05, 4.69) is 10.1 Å². The number of aromatic nitrogens is 2. The number of ether oxygens (including phenoxy) is 1. The second kappa shape index (κ2) is 5.18. The minimum absolute atomic E-state index is 0.215. The monoisotopic (exact) mass is 247 g/mol. The molecule has 5 heteroatoms. The second-order valence-corrected chi connectivity index (χ2v) is 4.46. The Kier molecular flexibility index (Phi) is 3.62. The van der Waals surface area contributed by atoms with E-state index in [0.717, 1.165) is 11.3 Å². The van der Waals surface area contributed by atoms with Crippen molar-refractivity contribution in [2.24, 2.45) is 11.7 Å². The molecule has 0 radical (unpaired) electrons. The highest BCUT2D eigenvalue weighted by Crippen LogP contribution is 2.24. The molecule has 96 valence electrons. The van der Waals surface area contributed by atoms with E-state index in [-0.39, 0.29) is 12.0 Å². The first-order valence-corrected chi connectivity index (χ1v) is 5.85. The zero-order chi connectivity index (χ0) is 13.1. The first kappa shape index (κ1) is 12.6. The maximum absolute atomic E-state index is 5.98. The maximum Gasteiger partial charge on any atom is 0.258 e. The average molecular weight is 247 g/mol. The van der Waals surface area contributed by atoms with Gasteiger partial charge in [-0.1, -0.05) is 25.1 Å². The Morgan fingerprint density at radius 3 is 2.78 bits per heavy atom. The predicted octanol–water partition coefficient (Wildman–Crippen LogP) is 2.40. The van der Waals surface area contributed by atoms with Gasteiger partial charge in [0.1, 0.15) is 5.75 Å². The van der Waals surface area contributed by atoms with Gasteiger partial charge in [-0.15, -0.1) is 0 Å². The van der Waals surface area contributed by atoms with Crippen molar-refractivity contribution in [1.82, 2.24) is 10.1 Å². The van der Waals surface area contributed by atoms with Crippen molar-refractivity contribution in [3.8, 4) is 17.2 Å². The lowest BCUT2D eigenvalue weighted by Gasteiger charge is -2.09. The first-order chi connectivity index (χ1) is 8.61. The summed E-state index contributed by atoms with van der Waals surface area (Å²) in [5.74, 6) is 2.00. The Bertz CT molecular complexity index is 522. The Morgan fingerprint density at radius 1 is 1.33 bits per heavy atom. The zero-order valence-corrected chi connectivity index (χ0v) is 10.8. The Balaban J connectivity index is 2.29. The van der Waals surface area contributed by atoms with Crippen LogP contribution in [0.3, 0.4) is 0 Å². The number of nitrogens with zero attached hydrogens (tertiary/aromatic N) is 2. The van der Waals surface area contributed by atoms with Crippen molar-refractivity contribution in [3.63, 3.8) is 0 Å². The molecule has 0 aliphatic carbocycles. The largest absolute Gasteiger partial charge is 0.497 e. The zero-order valence-electron chi connectivity index (χ0n) is 10.8. The molecule has 1 heterocycles. The first-order valence-electron chi connectivity index (χ1n) is 5.85. The van der Waals surface area contributed by atoms with Gasteiger partial charge in [0.2, 0.25) is 0 Å². The Hall–Kier alpha value is -1.88. The summed E-state index contributed by atoms with van der Waals surface area (Å²) in [7, 11) is 1.62. The van der Waals surface area contributed by atoms with Crippen molar-refractivity contribution in [1.29, 1.82) is 0 Å².